The highest BCUT2D eigenvalue weighted by atomic mass is 28.4. The largest absolute Gasteiger partial charge is 0.504 e. The summed E-state index contributed by atoms with van der Waals surface area (Å²) in [6.45, 7) is 9.31. The Labute approximate surface area is 132 Å². The lowest BCUT2D eigenvalue weighted by Gasteiger charge is -2.35. The molecule has 0 rings (SSSR count). The van der Waals surface area contributed by atoms with Gasteiger partial charge in [-0.25, -0.2) is 0 Å². The SMILES string of the molecule is CCO[Si](OCC)(OCC)C(CCN)CCCCCCN. The van der Waals surface area contributed by atoms with Crippen LogP contribution in [-0.4, -0.2) is 41.7 Å². The number of rotatable bonds is 15. The summed E-state index contributed by atoms with van der Waals surface area (Å²) in [6.07, 6.45) is 6.63. The van der Waals surface area contributed by atoms with E-state index < -0.39 is 8.80 Å². The zero-order valence-corrected chi connectivity index (χ0v) is 15.2. The molecule has 1 unspecified atom stereocenters. The molecule has 0 aliphatic carbocycles. The van der Waals surface area contributed by atoms with Gasteiger partial charge in [0.15, 0.2) is 0 Å². The fourth-order valence-electron chi connectivity index (χ4n) is 2.67. The van der Waals surface area contributed by atoms with Crippen molar-refractivity contribution in [3.63, 3.8) is 0 Å². The average Bonchev–Trinajstić information content (AvgIpc) is 2.46. The fraction of sp³-hybridized carbons (Fsp3) is 1.00. The second-order valence-corrected chi connectivity index (χ2v) is 8.06. The van der Waals surface area contributed by atoms with Crippen LogP contribution < -0.4 is 11.5 Å². The van der Waals surface area contributed by atoms with E-state index in [1.807, 2.05) is 20.8 Å². The van der Waals surface area contributed by atoms with E-state index in [-0.39, 0.29) is 0 Å². The van der Waals surface area contributed by atoms with Crippen LogP contribution in [0.15, 0.2) is 0 Å². The van der Waals surface area contributed by atoms with Crippen LogP contribution >= 0.6 is 0 Å². The lowest BCUT2D eigenvalue weighted by Crippen LogP contribution is -2.51. The van der Waals surface area contributed by atoms with Crippen LogP contribution in [0.1, 0.15) is 59.3 Å². The van der Waals surface area contributed by atoms with Gasteiger partial charge >= 0.3 is 8.80 Å². The van der Waals surface area contributed by atoms with Crippen LogP contribution in [0.25, 0.3) is 0 Å². The zero-order chi connectivity index (χ0) is 16.0. The second-order valence-electron chi connectivity index (χ2n) is 5.17. The molecule has 0 aromatic heterocycles. The average molecular weight is 321 g/mol. The minimum absolute atomic E-state index is 0.306. The van der Waals surface area contributed by atoms with E-state index in [0.29, 0.717) is 31.9 Å². The van der Waals surface area contributed by atoms with Crippen LogP contribution in [-0.2, 0) is 13.3 Å². The molecule has 128 valence electrons. The Bertz CT molecular complexity index is 216. The maximum Gasteiger partial charge on any atom is 0.504 e. The van der Waals surface area contributed by atoms with Crippen LogP contribution in [0.3, 0.4) is 0 Å². The van der Waals surface area contributed by atoms with Crippen LogP contribution in [0, 0.1) is 0 Å². The second kappa shape index (κ2) is 13.7. The first-order valence-electron chi connectivity index (χ1n) is 8.52. The number of hydrogen-bond donors (Lipinski definition) is 2. The van der Waals surface area contributed by atoms with E-state index in [9.17, 15) is 0 Å². The molecule has 5 nitrogen and oxygen atoms in total. The van der Waals surface area contributed by atoms with Crippen molar-refractivity contribution in [2.45, 2.75) is 64.8 Å². The van der Waals surface area contributed by atoms with Gasteiger partial charge in [0, 0.05) is 25.4 Å². The molecule has 0 aromatic carbocycles. The van der Waals surface area contributed by atoms with Gasteiger partial charge in [0.05, 0.1) is 0 Å². The van der Waals surface area contributed by atoms with Gasteiger partial charge in [-0.05, 0) is 53.1 Å². The molecule has 21 heavy (non-hydrogen) atoms. The summed E-state index contributed by atoms with van der Waals surface area (Å²) in [5.41, 5.74) is 11.6. The van der Waals surface area contributed by atoms with Crippen molar-refractivity contribution in [3.05, 3.63) is 0 Å². The Hall–Kier alpha value is 0.0169. The van der Waals surface area contributed by atoms with E-state index in [1.54, 1.807) is 0 Å². The Kier molecular flexibility index (Phi) is 13.7. The monoisotopic (exact) mass is 320 g/mol. The molecule has 6 heteroatoms. The Morgan fingerprint density at radius 1 is 0.714 bits per heavy atom. The summed E-state index contributed by atoms with van der Waals surface area (Å²) in [6, 6.07) is 0. The minimum atomic E-state index is -2.62. The fourth-order valence-corrected chi connectivity index (χ4v) is 5.91. The highest BCUT2D eigenvalue weighted by molar-refractivity contribution is 6.62. The molecule has 0 saturated carbocycles. The molecule has 0 aromatic rings. The van der Waals surface area contributed by atoms with Gasteiger partial charge in [-0.1, -0.05) is 19.3 Å². The molecular weight excluding hydrogens is 284 g/mol. The summed E-state index contributed by atoms with van der Waals surface area (Å²) in [7, 11) is -2.62. The molecule has 0 amide bonds. The molecule has 0 radical (unpaired) electrons. The van der Waals surface area contributed by atoms with Crippen molar-refractivity contribution < 1.29 is 13.3 Å². The number of unbranched alkanes of at least 4 members (excludes halogenated alkanes) is 3. The first-order valence-corrected chi connectivity index (χ1v) is 10.3. The Balaban J connectivity index is 4.68. The lowest BCUT2D eigenvalue weighted by atomic mass is 10.1. The molecule has 0 aliphatic heterocycles. The maximum absolute atomic E-state index is 6.02. The van der Waals surface area contributed by atoms with Crippen molar-refractivity contribution in [2.75, 3.05) is 32.9 Å². The Morgan fingerprint density at radius 2 is 1.24 bits per heavy atom. The van der Waals surface area contributed by atoms with Crippen LogP contribution in [0.5, 0.6) is 0 Å². The standard InChI is InChI=1S/C15H36N2O3Si/c1-4-18-21(19-5-2,20-6-3)15(12-14-17)11-9-7-8-10-13-16/h15H,4-14,16-17H2,1-3H3. The molecule has 0 spiro atoms. The van der Waals surface area contributed by atoms with Crippen molar-refractivity contribution in [1.29, 1.82) is 0 Å². The van der Waals surface area contributed by atoms with Gasteiger partial charge in [0.25, 0.3) is 0 Å². The molecule has 0 aliphatic rings. The first-order chi connectivity index (χ1) is 10.2. The lowest BCUT2D eigenvalue weighted by molar-refractivity contribution is 0.0585. The van der Waals surface area contributed by atoms with Gasteiger partial charge in [-0.15, -0.1) is 0 Å². The molecule has 0 bridgehead atoms. The van der Waals surface area contributed by atoms with Crippen LogP contribution in [0.2, 0.25) is 5.54 Å². The molecule has 0 fully saturated rings. The summed E-state index contributed by atoms with van der Waals surface area (Å²) in [4.78, 5) is 0. The summed E-state index contributed by atoms with van der Waals surface area (Å²) in [5.74, 6) is 0. The van der Waals surface area contributed by atoms with E-state index in [4.69, 9.17) is 24.7 Å². The van der Waals surface area contributed by atoms with Crippen molar-refractivity contribution >= 4 is 8.80 Å². The molecule has 4 N–H and O–H groups in total. The summed E-state index contributed by atoms with van der Waals surface area (Å²) in [5, 5.41) is 0. The third kappa shape index (κ3) is 8.28. The molecular formula is C15H36N2O3Si. The summed E-state index contributed by atoms with van der Waals surface area (Å²) < 4.78 is 18.1. The van der Waals surface area contributed by atoms with Gasteiger partial charge < -0.3 is 24.7 Å². The minimum Gasteiger partial charge on any atom is -0.374 e. The normalized spacial score (nSPS) is 13.6. The van der Waals surface area contributed by atoms with Crippen molar-refractivity contribution in [3.8, 4) is 0 Å². The number of hydrogen-bond acceptors (Lipinski definition) is 5. The van der Waals surface area contributed by atoms with Crippen LogP contribution in [0.4, 0.5) is 0 Å². The zero-order valence-electron chi connectivity index (χ0n) is 14.2. The summed E-state index contributed by atoms with van der Waals surface area (Å²) >= 11 is 0. The van der Waals surface area contributed by atoms with E-state index >= 15 is 0 Å². The molecule has 1 atom stereocenters. The smallest absolute Gasteiger partial charge is 0.374 e. The quantitative estimate of drug-likeness (QED) is 0.358. The highest BCUT2D eigenvalue weighted by Gasteiger charge is 2.48. The first kappa shape index (κ1) is 21.0. The third-order valence-corrected chi connectivity index (χ3v) is 7.21. The predicted molar refractivity (Wildman–Crippen MR) is 90.2 cm³/mol. The van der Waals surface area contributed by atoms with Crippen molar-refractivity contribution in [2.24, 2.45) is 11.5 Å². The highest BCUT2D eigenvalue weighted by Crippen LogP contribution is 2.33. The van der Waals surface area contributed by atoms with Gasteiger partial charge in [0.2, 0.25) is 0 Å². The molecule has 0 saturated heterocycles. The van der Waals surface area contributed by atoms with E-state index in [0.717, 1.165) is 32.2 Å². The van der Waals surface area contributed by atoms with E-state index in [2.05, 4.69) is 0 Å². The van der Waals surface area contributed by atoms with Gasteiger partial charge in [-0.2, -0.15) is 0 Å². The topological polar surface area (TPSA) is 79.7 Å². The van der Waals surface area contributed by atoms with E-state index in [1.165, 1.54) is 12.8 Å². The third-order valence-electron chi connectivity index (χ3n) is 3.56. The van der Waals surface area contributed by atoms with Gasteiger partial charge in [-0.3, -0.25) is 0 Å². The van der Waals surface area contributed by atoms with Gasteiger partial charge in [0.1, 0.15) is 0 Å². The number of nitrogens with two attached hydrogens (primary N) is 2. The maximum atomic E-state index is 6.02. The predicted octanol–water partition coefficient (Wildman–Crippen LogP) is 2.66. The van der Waals surface area contributed by atoms with Crippen molar-refractivity contribution in [1.82, 2.24) is 0 Å². The Morgan fingerprint density at radius 3 is 1.67 bits per heavy atom. The molecule has 0 heterocycles.